The van der Waals surface area contributed by atoms with Crippen LogP contribution >= 0.6 is 22.6 Å². The summed E-state index contributed by atoms with van der Waals surface area (Å²) in [5.74, 6) is -0.240. The predicted molar refractivity (Wildman–Crippen MR) is 107 cm³/mol. The van der Waals surface area contributed by atoms with Crippen LogP contribution in [0.1, 0.15) is 38.5 Å². The van der Waals surface area contributed by atoms with Crippen LogP contribution in [-0.2, 0) is 0 Å². The number of benzene rings is 2. The third kappa shape index (κ3) is 3.02. The Bertz CT molecular complexity index is 979. The number of hydrogen-bond acceptors (Lipinski definition) is 2. The number of fused-ring (bicyclic) bond motifs is 1. The maximum atomic E-state index is 12.6. The van der Waals surface area contributed by atoms with E-state index < -0.39 is 0 Å². The van der Waals surface area contributed by atoms with Crippen molar-refractivity contribution < 1.29 is 4.79 Å². The summed E-state index contributed by atoms with van der Waals surface area (Å²) in [6.07, 6.45) is 3.47. The highest BCUT2D eigenvalue weighted by atomic mass is 127. The van der Waals surface area contributed by atoms with Crippen molar-refractivity contribution in [3.63, 3.8) is 0 Å². The van der Waals surface area contributed by atoms with E-state index in [1.165, 1.54) is 3.57 Å². The monoisotopic (exact) mass is 438 g/mol. The second-order valence-corrected chi connectivity index (χ2v) is 7.36. The smallest absolute Gasteiger partial charge is 0.267 e. The van der Waals surface area contributed by atoms with Crippen LogP contribution < -0.4 is 0 Å². The summed E-state index contributed by atoms with van der Waals surface area (Å²) in [6.45, 7) is 2.05. The van der Waals surface area contributed by atoms with Gasteiger partial charge in [-0.1, -0.05) is 29.8 Å². The molecule has 1 aromatic heterocycles. The first-order chi connectivity index (χ1) is 12.1. The molecule has 122 valence electrons. The number of rotatable bonds is 2. The SMILES string of the molecule is Cc1ccc2c(c1)C(c1ccc(I)cc1)C(c1ccncc1)=NC2=O. The van der Waals surface area contributed by atoms with Crippen molar-refractivity contribution in [1.82, 2.24) is 4.98 Å². The lowest BCUT2D eigenvalue weighted by molar-refractivity contribution is 0.0999. The second kappa shape index (κ2) is 6.52. The van der Waals surface area contributed by atoms with Crippen molar-refractivity contribution in [2.75, 3.05) is 0 Å². The Kier molecular flexibility index (Phi) is 4.21. The highest BCUT2D eigenvalue weighted by Gasteiger charge is 2.31. The minimum absolute atomic E-state index is 0.0630. The van der Waals surface area contributed by atoms with Crippen LogP contribution in [0.25, 0.3) is 0 Å². The summed E-state index contributed by atoms with van der Waals surface area (Å²) in [4.78, 5) is 21.1. The van der Waals surface area contributed by atoms with E-state index in [0.29, 0.717) is 5.56 Å². The molecule has 0 aliphatic carbocycles. The lowest BCUT2D eigenvalue weighted by atomic mass is 9.79. The van der Waals surface area contributed by atoms with Gasteiger partial charge in [0.25, 0.3) is 5.91 Å². The number of nitrogens with zero attached hydrogens (tertiary/aromatic N) is 2. The van der Waals surface area contributed by atoms with Gasteiger partial charge in [0.2, 0.25) is 0 Å². The number of aryl methyl sites for hydroxylation is 1. The summed E-state index contributed by atoms with van der Waals surface area (Å²) in [6, 6.07) is 18.2. The second-order valence-electron chi connectivity index (χ2n) is 6.11. The highest BCUT2D eigenvalue weighted by Crippen LogP contribution is 2.36. The van der Waals surface area contributed by atoms with Gasteiger partial charge in [0.15, 0.2) is 0 Å². The minimum Gasteiger partial charge on any atom is -0.267 e. The molecule has 1 unspecified atom stereocenters. The fraction of sp³-hybridized carbons (Fsp3) is 0.0952. The van der Waals surface area contributed by atoms with Gasteiger partial charge in [-0.25, -0.2) is 4.99 Å². The van der Waals surface area contributed by atoms with Gasteiger partial charge >= 0.3 is 0 Å². The van der Waals surface area contributed by atoms with E-state index in [-0.39, 0.29) is 11.8 Å². The van der Waals surface area contributed by atoms with Gasteiger partial charge in [0.1, 0.15) is 0 Å². The summed E-state index contributed by atoms with van der Waals surface area (Å²) < 4.78 is 1.18. The molecule has 0 saturated carbocycles. The van der Waals surface area contributed by atoms with E-state index in [9.17, 15) is 4.79 Å². The number of carbonyl (C=O) groups excluding carboxylic acids is 1. The molecule has 1 aliphatic heterocycles. The quantitative estimate of drug-likeness (QED) is 0.541. The largest absolute Gasteiger partial charge is 0.277 e. The van der Waals surface area contributed by atoms with E-state index >= 15 is 0 Å². The third-order valence-electron chi connectivity index (χ3n) is 4.42. The molecule has 3 aromatic rings. The molecular formula is C21H15IN2O. The Morgan fingerprint density at radius 3 is 2.40 bits per heavy atom. The molecule has 0 N–H and O–H groups in total. The van der Waals surface area contributed by atoms with Gasteiger partial charge < -0.3 is 0 Å². The minimum atomic E-state index is -0.177. The van der Waals surface area contributed by atoms with Gasteiger partial charge in [-0.15, -0.1) is 0 Å². The zero-order valence-corrected chi connectivity index (χ0v) is 15.8. The first-order valence-electron chi connectivity index (χ1n) is 8.03. The lowest BCUT2D eigenvalue weighted by Crippen LogP contribution is -2.24. The summed E-state index contributed by atoms with van der Waals surface area (Å²) in [7, 11) is 0. The molecule has 25 heavy (non-hydrogen) atoms. The number of aliphatic imine (C=N–C) groups is 1. The number of pyridine rings is 1. The first-order valence-corrected chi connectivity index (χ1v) is 9.10. The molecule has 1 amide bonds. The Morgan fingerprint density at radius 1 is 0.960 bits per heavy atom. The van der Waals surface area contributed by atoms with E-state index in [2.05, 4.69) is 62.9 Å². The zero-order valence-electron chi connectivity index (χ0n) is 13.6. The highest BCUT2D eigenvalue weighted by molar-refractivity contribution is 14.1. The van der Waals surface area contributed by atoms with Crippen molar-refractivity contribution >= 4 is 34.2 Å². The van der Waals surface area contributed by atoms with Gasteiger partial charge in [0, 0.05) is 27.1 Å². The van der Waals surface area contributed by atoms with Gasteiger partial charge in [0.05, 0.1) is 11.6 Å². The lowest BCUT2D eigenvalue weighted by Gasteiger charge is -2.26. The van der Waals surface area contributed by atoms with Crippen LogP contribution in [0, 0.1) is 10.5 Å². The maximum absolute atomic E-state index is 12.6. The maximum Gasteiger partial charge on any atom is 0.277 e. The van der Waals surface area contributed by atoms with E-state index in [1.54, 1.807) is 12.4 Å². The Labute approximate surface area is 160 Å². The van der Waals surface area contributed by atoms with Crippen molar-refractivity contribution in [2.45, 2.75) is 12.8 Å². The molecule has 4 rings (SSSR count). The molecule has 0 radical (unpaired) electrons. The molecule has 0 fully saturated rings. The number of amides is 1. The molecule has 0 bridgehead atoms. The van der Waals surface area contributed by atoms with Crippen LogP contribution in [0.5, 0.6) is 0 Å². The van der Waals surface area contributed by atoms with Crippen molar-refractivity contribution in [2.24, 2.45) is 4.99 Å². The molecular weight excluding hydrogens is 423 g/mol. The fourth-order valence-electron chi connectivity index (χ4n) is 3.24. The first kappa shape index (κ1) is 16.1. The van der Waals surface area contributed by atoms with E-state index in [4.69, 9.17) is 0 Å². The summed E-state index contributed by atoms with van der Waals surface area (Å²) >= 11 is 2.30. The fourth-order valence-corrected chi connectivity index (χ4v) is 3.60. The number of carbonyl (C=O) groups is 1. The molecule has 2 aromatic carbocycles. The third-order valence-corrected chi connectivity index (χ3v) is 5.14. The van der Waals surface area contributed by atoms with Crippen molar-refractivity contribution in [1.29, 1.82) is 0 Å². The van der Waals surface area contributed by atoms with Gasteiger partial charge in [-0.3, -0.25) is 9.78 Å². The van der Waals surface area contributed by atoms with Crippen molar-refractivity contribution in [3.05, 3.63) is 98.4 Å². The molecule has 0 saturated heterocycles. The van der Waals surface area contributed by atoms with Crippen LogP contribution in [0.2, 0.25) is 0 Å². The van der Waals surface area contributed by atoms with Gasteiger partial charge in [-0.2, -0.15) is 0 Å². The molecule has 2 heterocycles. The van der Waals surface area contributed by atoms with Crippen LogP contribution in [0.3, 0.4) is 0 Å². The average Bonchev–Trinajstić information content (AvgIpc) is 2.63. The Morgan fingerprint density at radius 2 is 1.68 bits per heavy atom. The van der Waals surface area contributed by atoms with Crippen molar-refractivity contribution in [3.8, 4) is 0 Å². The summed E-state index contributed by atoms with van der Waals surface area (Å²) in [5.41, 5.74) is 5.69. The zero-order chi connectivity index (χ0) is 17.4. The molecule has 1 aliphatic rings. The predicted octanol–water partition coefficient (Wildman–Crippen LogP) is 4.77. The normalized spacial score (nSPS) is 16.3. The molecule has 1 atom stereocenters. The van der Waals surface area contributed by atoms with Crippen LogP contribution in [-0.4, -0.2) is 16.6 Å². The van der Waals surface area contributed by atoms with Crippen LogP contribution in [0.4, 0.5) is 0 Å². The van der Waals surface area contributed by atoms with E-state index in [1.807, 2.05) is 31.2 Å². The Hall–Kier alpha value is -2.34. The Balaban J connectivity index is 1.96. The molecule has 0 spiro atoms. The number of halogens is 1. The topological polar surface area (TPSA) is 42.3 Å². The van der Waals surface area contributed by atoms with E-state index in [0.717, 1.165) is 28.0 Å². The number of aromatic nitrogens is 1. The average molecular weight is 438 g/mol. The number of hydrogen-bond donors (Lipinski definition) is 0. The van der Waals surface area contributed by atoms with Crippen LogP contribution in [0.15, 0.2) is 72.0 Å². The standard InChI is InChI=1S/C21H15IN2O/c1-13-2-7-17-18(12-13)19(14-3-5-16(22)6-4-14)20(24-21(17)25)15-8-10-23-11-9-15/h2-12,19H,1H3. The summed E-state index contributed by atoms with van der Waals surface area (Å²) in [5, 5.41) is 0. The molecule has 4 heteroatoms. The molecule has 3 nitrogen and oxygen atoms in total. The van der Waals surface area contributed by atoms with Gasteiger partial charge in [-0.05, 0) is 71.0 Å².